The summed E-state index contributed by atoms with van der Waals surface area (Å²) in [5.41, 5.74) is 2.28. The van der Waals surface area contributed by atoms with Gasteiger partial charge in [-0.25, -0.2) is 0 Å². The third-order valence-electron chi connectivity index (χ3n) is 2.74. The number of anilines is 1. The SMILES string of the molecule is CNc1ccnc(CN(CC(C)C)CC(C)C)c1. The van der Waals surface area contributed by atoms with E-state index >= 15 is 0 Å². The van der Waals surface area contributed by atoms with E-state index in [1.807, 2.05) is 19.3 Å². The number of hydrogen-bond acceptors (Lipinski definition) is 3. The van der Waals surface area contributed by atoms with Crippen LogP contribution in [0, 0.1) is 11.8 Å². The quantitative estimate of drug-likeness (QED) is 0.804. The van der Waals surface area contributed by atoms with Crippen LogP contribution in [-0.2, 0) is 6.54 Å². The topological polar surface area (TPSA) is 28.2 Å². The molecule has 1 heterocycles. The molecule has 0 aromatic carbocycles. The zero-order valence-corrected chi connectivity index (χ0v) is 12.4. The van der Waals surface area contributed by atoms with Crippen molar-refractivity contribution in [3.05, 3.63) is 24.0 Å². The number of nitrogens with zero attached hydrogens (tertiary/aromatic N) is 2. The molecule has 3 heteroatoms. The highest BCUT2D eigenvalue weighted by Crippen LogP contribution is 2.12. The minimum absolute atomic E-state index is 0.691. The Morgan fingerprint density at radius 2 is 1.78 bits per heavy atom. The predicted molar refractivity (Wildman–Crippen MR) is 78.7 cm³/mol. The normalized spacial score (nSPS) is 11.6. The first-order chi connectivity index (χ1) is 8.51. The first kappa shape index (κ1) is 15.0. The summed E-state index contributed by atoms with van der Waals surface area (Å²) in [5.74, 6) is 1.38. The van der Waals surface area contributed by atoms with Crippen LogP contribution in [0.2, 0.25) is 0 Å². The molecule has 102 valence electrons. The zero-order valence-electron chi connectivity index (χ0n) is 12.4. The van der Waals surface area contributed by atoms with Crippen LogP contribution in [0.5, 0.6) is 0 Å². The van der Waals surface area contributed by atoms with Gasteiger partial charge in [0.25, 0.3) is 0 Å². The summed E-state index contributed by atoms with van der Waals surface area (Å²) in [6.45, 7) is 12.3. The maximum absolute atomic E-state index is 4.46. The van der Waals surface area contributed by atoms with Gasteiger partial charge in [-0.1, -0.05) is 27.7 Å². The standard InChI is InChI=1S/C15H27N3/c1-12(2)9-18(10-13(3)4)11-15-8-14(16-5)6-7-17-15/h6-8,12-13H,9-11H2,1-5H3,(H,16,17). The van der Waals surface area contributed by atoms with E-state index in [2.05, 4.69) is 49.0 Å². The third kappa shape index (κ3) is 5.50. The average Bonchev–Trinajstić information content (AvgIpc) is 2.27. The number of hydrogen-bond donors (Lipinski definition) is 1. The van der Waals surface area contributed by atoms with Crippen LogP contribution in [0.15, 0.2) is 18.3 Å². The number of pyridine rings is 1. The molecule has 0 atom stereocenters. The largest absolute Gasteiger partial charge is 0.388 e. The summed E-state index contributed by atoms with van der Waals surface area (Å²) < 4.78 is 0. The molecule has 1 aromatic heterocycles. The molecule has 0 amide bonds. The molecule has 0 saturated heterocycles. The van der Waals surface area contributed by atoms with Crippen LogP contribution in [-0.4, -0.2) is 30.0 Å². The van der Waals surface area contributed by atoms with Crippen LogP contribution in [0.25, 0.3) is 0 Å². The van der Waals surface area contributed by atoms with Crippen molar-refractivity contribution in [3.63, 3.8) is 0 Å². The summed E-state index contributed by atoms with van der Waals surface area (Å²) in [6, 6.07) is 4.13. The molecule has 0 radical (unpaired) electrons. The van der Waals surface area contributed by atoms with Gasteiger partial charge >= 0.3 is 0 Å². The van der Waals surface area contributed by atoms with Crippen molar-refractivity contribution in [2.45, 2.75) is 34.2 Å². The van der Waals surface area contributed by atoms with Crippen molar-refractivity contribution < 1.29 is 0 Å². The maximum Gasteiger partial charge on any atom is 0.0564 e. The van der Waals surface area contributed by atoms with E-state index in [1.165, 1.54) is 0 Å². The molecule has 3 nitrogen and oxygen atoms in total. The zero-order chi connectivity index (χ0) is 13.5. The van der Waals surface area contributed by atoms with E-state index in [4.69, 9.17) is 0 Å². The molecular formula is C15H27N3. The second-order valence-corrected chi connectivity index (χ2v) is 5.77. The van der Waals surface area contributed by atoms with Gasteiger partial charge in [0.1, 0.15) is 0 Å². The Kier molecular flexibility index (Phi) is 6.13. The van der Waals surface area contributed by atoms with Crippen LogP contribution in [0.1, 0.15) is 33.4 Å². The Balaban J connectivity index is 2.68. The molecule has 0 spiro atoms. The van der Waals surface area contributed by atoms with Gasteiger partial charge in [-0.15, -0.1) is 0 Å². The first-order valence-electron chi connectivity index (χ1n) is 6.86. The Labute approximate surface area is 112 Å². The fourth-order valence-electron chi connectivity index (χ4n) is 2.19. The maximum atomic E-state index is 4.46. The molecule has 0 bridgehead atoms. The second-order valence-electron chi connectivity index (χ2n) is 5.77. The number of aromatic nitrogens is 1. The summed E-state index contributed by atoms with van der Waals surface area (Å²) in [5, 5.41) is 3.16. The summed E-state index contributed by atoms with van der Waals surface area (Å²) in [7, 11) is 1.94. The predicted octanol–water partition coefficient (Wildman–Crippen LogP) is 3.24. The van der Waals surface area contributed by atoms with Gasteiger partial charge < -0.3 is 5.32 Å². The van der Waals surface area contributed by atoms with E-state index in [1.54, 1.807) is 0 Å². The van der Waals surface area contributed by atoms with Crippen molar-refractivity contribution in [1.29, 1.82) is 0 Å². The highest BCUT2D eigenvalue weighted by molar-refractivity contribution is 5.42. The lowest BCUT2D eigenvalue weighted by molar-refractivity contribution is 0.209. The average molecular weight is 249 g/mol. The van der Waals surface area contributed by atoms with Crippen LogP contribution < -0.4 is 5.32 Å². The molecule has 0 saturated carbocycles. The van der Waals surface area contributed by atoms with Gasteiger partial charge in [0, 0.05) is 38.6 Å². The Morgan fingerprint density at radius 3 is 2.28 bits per heavy atom. The van der Waals surface area contributed by atoms with Gasteiger partial charge in [-0.3, -0.25) is 9.88 Å². The van der Waals surface area contributed by atoms with Crippen molar-refractivity contribution in [1.82, 2.24) is 9.88 Å². The number of nitrogens with one attached hydrogen (secondary N) is 1. The Hall–Kier alpha value is -1.09. The van der Waals surface area contributed by atoms with E-state index in [0.717, 1.165) is 31.0 Å². The molecule has 18 heavy (non-hydrogen) atoms. The van der Waals surface area contributed by atoms with Crippen molar-refractivity contribution in [2.75, 3.05) is 25.5 Å². The van der Waals surface area contributed by atoms with Crippen molar-refractivity contribution >= 4 is 5.69 Å². The smallest absolute Gasteiger partial charge is 0.0564 e. The first-order valence-corrected chi connectivity index (χ1v) is 6.86. The van der Waals surface area contributed by atoms with E-state index in [0.29, 0.717) is 11.8 Å². The van der Waals surface area contributed by atoms with Crippen LogP contribution in [0.3, 0.4) is 0 Å². The Bertz CT molecular complexity index is 337. The van der Waals surface area contributed by atoms with Crippen LogP contribution >= 0.6 is 0 Å². The van der Waals surface area contributed by atoms with Gasteiger partial charge in [0.15, 0.2) is 0 Å². The third-order valence-corrected chi connectivity index (χ3v) is 2.74. The van der Waals surface area contributed by atoms with Gasteiger partial charge in [0.05, 0.1) is 5.69 Å². The molecule has 0 unspecified atom stereocenters. The lowest BCUT2D eigenvalue weighted by Crippen LogP contribution is -2.31. The van der Waals surface area contributed by atoms with Crippen molar-refractivity contribution in [2.24, 2.45) is 11.8 Å². The summed E-state index contributed by atoms with van der Waals surface area (Å²) in [6.07, 6.45) is 1.88. The highest BCUT2D eigenvalue weighted by atomic mass is 15.1. The van der Waals surface area contributed by atoms with Crippen LogP contribution in [0.4, 0.5) is 5.69 Å². The molecule has 0 aliphatic rings. The molecule has 0 fully saturated rings. The highest BCUT2D eigenvalue weighted by Gasteiger charge is 2.11. The van der Waals surface area contributed by atoms with Gasteiger partial charge in [0.2, 0.25) is 0 Å². The van der Waals surface area contributed by atoms with E-state index in [9.17, 15) is 0 Å². The molecular weight excluding hydrogens is 222 g/mol. The molecule has 1 aromatic rings. The molecule has 1 N–H and O–H groups in total. The van der Waals surface area contributed by atoms with Gasteiger partial charge in [-0.05, 0) is 24.0 Å². The van der Waals surface area contributed by atoms with E-state index in [-0.39, 0.29) is 0 Å². The fourth-order valence-corrected chi connectivity index (χ4v) is 2.19. The summed E-state index contributed by atoms with van der Waals surface area (Å²) in [4.78, 5) is 6.96. The lowest BCUT2D eigenvalue weighted by Gasteiger charge is -2.25. The fraction of sp³-hybridized carbons (Fsp3) is 0.667. The molecule has 0 aliphatic carbocycles. The Morgan fingerprint density at radius 1 is 1.17 bits per heavy atom. The van der Waals surface area contributed by atoms with Gasteiger partial charge in [-0.2, -0.15) is 0 Å². The number of rotatable bonds is 7. The minimum Gasteiger partial charge on any atom is -0.388 e. The molecule has 0 aliphatic heterocycles. The second kappa shape index (κ2) is 7.37. The van der Waals surface area contributed by atoms with E-state index < -0.39 is 0 Å². The monoisotopic (exact) mass is 249 g/mol. The van der Waals surface area contributed by atoms with Crippen molar-refractivity contribution in [3.8, 4) is 0 Å². The molecule has 1 rings (SSSR count). The lowest BCUT2D eigenvalue weighted by atomic mass is 10.1. The minimum atomic E-state index is 0.691. The summed E-state index contributed by atoms with van der Waals surface area (Å²) >= 11 is 0.